The summed E-state index contributed by atoms with van der Waals surface area (Å²) in [6.45, 7) is 2.49. The molecule has 0 saturated carbocycles. The predicted molar refractivity (Wildman–Crippen MR) is 111 cm³/mol. The highest BCUT2D eigenvalue weighted by atomic mass is 16.6. The quantitative estimate of drug-likeness (QED) is 0.438. The number of rotatable bonds is 9. The van der Waals surface area contributed by atoms with Crippen LogP contribution in [0.25, 0.3) is 0 Å². The van der Waals surface area contributed by atoms with Gasteiger partial charge in [0.15, 0.2) is 0 Å². The van der Waals surface area contributed by atoms with Gasteiger partial charge in [0.25, 0.3) is 0 Å². The molecule has 1 aromatic carbocycles. The van der Waals surface area contributed by atoms with E-state index in [-0.39, 0.29) is 43.5 Å². The number of carbonyl (C=O) groups is 4. The molecule has 10 heteroatoms. The van der Waals surface area contributed by atoms with Crippen LogP contribution in [0.1, 0.15) is 44.6 Å². The van der Waals surface area contributed by atoms with Gasteiger partial charge in [-0.05, 0) is 24.3 Å². The number of carboxylic acid groups (broad SMARTS) is 1. The van der Waals surface area contributed by atoms with Gasteiger partial charge in [0.1, 0.15) is 6.61 Å². The lowest BCUT2D eigenvalue weighted by Gasteiger charge is -2.43. The number of aliphatic carboxylic acids is 1. The number of hydrogen-bond acceptors (Lipinski definition) is 6. The first-order valence-corrected chi connectivity index (χ1v) is 10.8. The van der Waals surface area contributed by atoms with Gasteiger partial charge in [0.2, 0.25) is 17.5 Å². The molecule has 2 aliphatic heterocycles. The van der Waals surface area contributed by atoms with E-state index in [1.807, 2.05) is 0 Å². The molecule has 0 bridgehead atoms. The molecule has 2 heterocycles. The Morgan fingerprint density at radius 3 is 2.34 bits per heavy atom. The van der Waals surface area contributed by atoms with Gasteiger partial charge in [0.05, 0.1) is 0 Å². The summed E-state index contributed by atoms with van der Waals surface area (Å²) in [7, 11) is 0. The molecule has 2 aliphatic rings. The maximum atomic E-state index is 12.7. The second-order valence-corrected chi connectivity index (χ2v) is 8.38. The van der Waals surface area contributed by atoms with Crippen LogP contribution in [0.4, 0.5) is 4.79 Å². The smallest absolute Gasteiger partial charge is 0.436 e. The van der Waals surface area contributed by atoms with Crippen LogP contribution in [-0.4, -0.2) is 74.4 Å². The molecule has 2 atom stereocenters. The predicted octanol–water partition coefficient (Wildman–Crippen LogP) is 2.07. The zero-order chi connectivity index (χ0) is 23.3. The number of benzene rings is 1. The molecule has 0 spiro atoms. The minimum atomic E-state index is -2.33. The largest absolute Gasteiger partial charge is 0.478 e. The molecule has 174 valence electrons. The Bertz CT molecular complexity index is 862. The third-order valence-corrected chi connectivity index (χ3v) is 5.93. The van der Waals surface area contributed by atoms with Crippen molar-refractivity contribution in [2.45, 2.75) is 51.3 Å². The maximum Gasteiger partial charge on any atom is 0.436 e. The summed E-state index contributed by atoms with van der Waals surface area (Å²) < 4.78 is 5.14. The minimum Gasteiger partial charge on any atom is -0.478 e. The molecule has 3 rings (SSSR count). The summed E-state index contributed by atoms with van der Waals surface area (Å²) in [6, 6.07) is 8.75. The molecule has 2 unspecified atom stereocenters. The fraction of sp³-hybridized carbons (Fsp3) is 0.545. The summed E-state index contributed by atoms with van der Waals surface area (Å²) in [4.78, 5) is 52.4. The van der Waals surface area contributed by atoms with Gasteiger partial charge in [-0.15, -0.1) is 0 Å². The number of carboxylic acids is 1. The molecule has 0 aromatic heterocycles. The van der Waals surface area contributed by atoms with Crippen LogP contribution in [0.3, 0.4) is 0 Å². The highest BCUT2D eigenvalue weighted by molar-refractivity contribution is 5.90. The van der Waals surface area contributed by atoms with E-state index >= 15 is 0 Å². The molecular weight excluding hydrogens is 418 g/mol. The Kier molecular flexibility index (Phi) is 7.34. The monoisotopic (exact) mass is 447 g/mol. The van der Waals surface area contributed by atoms with Crippen molar-refractivity contribution in [3.05, 3.63) is 35.9 Å². The molecule has 3 amide bonds. The first kappa shape index (κ1) is 23.5. The lowest BCUT2D eigenvalue weighted by molar-refractivity contribution is -0.222. The van der Waals surface area contributed by atoms with Crippen molar-refractivity contribution < 1.29 is 34.2 Å². The fourth-order valence-electron chi connectivity index (χ4n) is 4.40. The lowest BCUT2D eigenvalue weighted by Crippen LogP contribution is -2.67. The normalized spacial score (nSPS) is 19.1. The van der Waals surface area contributed by atoms with Crippen LogP contribution in [-0.2, 0) is 25.7 Å². The summed E-state index contributed by atoms with van der Waals surface area (Å²) in [5.74, 6) is -2.44. The van der Waals surface area contributed by atoms with E-state index in [2.05, 4.69) is 0 Å². The molecule has 2 fully saturated rings. The summed E-state index contributed by atoms with van der Waals surface area (Å²) in [6.07, 6.45) is 0.202. The third kappa shape index (κ3) is 4.85. The van der Waals surface area contributed by atoms with Crippen molar-refractivity contribution >= 4 is 23.9 Å². The van der Waals surface area contributed by atoms with Gasteiger partial charge >= 0.3 is 12.1 Å². The van der Waals surface area contributed by atoms with Crippen molar-refractivity contribution in [2.24, 2.45) is 5.92 Å². The Labute approximate surface area is 186 Å². The van der Waals surface area contributed by atoms with E-state index in [0.29, 0.717) is 24.9 Å². The van der Waals surface area contributed by atoms with Gasteiger partial charge in [-0.25, -0.2) is 9.59 Å². The molecule has 1 aromatic rings. The summed E-state index contributed by atoms with van der Waals surface area (Å²) in [5.41, 5.74) is -1.67. The number of hydrogen-bond donors (Lipinski definition) is 2. The molecular formula is C22H29N3O7. The van der Waals surface area contributed by atoms with Crippen LogP contribution >= 0.6 is 0 Å². The number of nitrogens with zero attached hydrogens (tertiary/aromatic N) is 3. The first-order valence-electron chi connectivity index (χ1n) is 10.8. The Morgan fingerprint density at radius 1 is 1.12 bits per heavy atom. The van der Waals surface area contributed by atoms with E-state index in [1.165, 1.54) is 0 Å². The van der Waals surface area contributed by atoms with Crippen LogP contribution in [0.5, 0.6) is 0 Å². The Morgan fingerprint density at radius 2 is 1.78 bits per heavy atom. The molecule has 2 saturated heterocycles. The number of hydroxylamine groups is 2. The SMILES string of the molecule is CC(CN1CCCC1=O)CC(C(=O)O)(N(O)C(=O)OCc1ccccc1)N1CCCC1=O. The second kappa shape index (κ2) is 9.99. The van der Waals surface area contributed by atoms with E-state index in [0.717, 1.165) is 11.3 Å². The number of likely N-dealkylation sites (tertiary alicyclic amines) is 2. The topological polar surface area (TPSA) is 128 Å². The molecule has 32 heavy (non-hydrogen) atoms. The van der Waals surface area contributed by atoms with E-state index < -0.39 is 29.6 Å². The van der Waals surface area contributed by atoms with Gasteiger partial charge in [-0.2, -0.15) is 5.06 Å². The number of carbonyl (C=O) groups excluding carboxylic acids is 3. The lowest BCUT2D eigenvalue weighted by atomic mass is 9.93. The van der Waals surface area contributed by atoms with Crippen molar-refractivity contribution in [2.75, 3.05) is 19.6 Å². The van der Waals surface area contributed by atoms with Crippen molar-refractivity contribution in [1.29, 1.82) is 0 Å². The van der Waals surface area contributed by atoms with Crippen molar-refractivity contribution in [3.63, 3.8) is 0 Å². The third-order valence-electron chi connectivity index (χ3n) is 5.93. The molecule has 0 aliphatic carbocycles. The molecule has 10 nitrogen and oxygen atoms in total. The first-order chi connectivity index (χ1) is 15.3. The Balaban J connectivity index is 1.82. The average molecular weight is 447 g/mol. The number of amides is 3. The van der Waals surface area contributed by atoms with Crippen molar-refractivity contribution in [3.8, 4) is 0 Å². The van der Waals surface area contributed by atoms with Crippen molar-refractivity contribution in [1.82, 2.24) is 14.9 Å². The van der Waals surface area contributed by atoms with Crippen LogP contribution in [0.15, 0.2) is 30.3 Å². The second-order valence-electron chi connectivity index (χ2n) is 8.38. The van der Waals surface area contributed by atoms with E-state index in [9.17, 15) is 29.5 Å². The zero-order valence-corrected chi connectivity index (χ0v) is 18.1. The van der Waals surface area contributed by atoms with Gasteiger partial charge in [0, 0.05) is 38.9 Å². The highest BCUT2D eigenvalue weighted by Gasteiger charge is 2.56. The summed E-state index contributed by atoms with van der Waals surface area (Å²) in [5, 5.41) is 21.0. The fourth-order valence-corrected chi connectivity index (χ4v) is 4.40. The minimum absolute atomic E-state index is 0.0156. The van der Waals surface area contributed by atoms with Crippen LogP contribution < -0.4 is 0 Å². The highest BCUT2D eigenvalue weighted by Crippen LogP contribution is 2.33. The van der Waals surface area contributed by atoms with E-state index in [4.69, 9.17) is 4.74 Å². The standard InChI is InChI=1S/C22H29N3O7/c1-16(14-23-11-5-9-18(23)26)13-22(20(28)29,24-12-6-10-19(24)27)25(31)21(30)32-15-17-7-3-2-4-8-17/h2-4,7-8,16,31H,5-6,9-15H2,1H3,(H,28,29). The zero-order valence-electron chi connectivity index (χ0n) is 18.1. The van der Waals surface area contributed by atoms with Gasteiger partial charge in [-0.3, -0.25) is 14.8 Å². The van der Waals surface area contributed by atoms with Gasteiger partial charge in [-0.1, -0.05) is 37.3 Å². The number of ether oxygens (including phenoxy) is 1. The summed E-state index contributed by atoms with van der Waals surface area (Å²) >= 11 is 0. The average Bonchev–Trinajstić information content (AvgIpc) is 3.38. The van der Waals surface area contributed by atoms with E-state index in [1.54, 1.807) is 42.2 Å². The molecule has 2 N–H and O–H groups in total. The van der Waals surface area contributed by atoms with Crippen LogP contribution in [0, 0.1) is 5.92 Å². The Hall–Kier alpha value is -3.14. The maximum absolute atomic E-state index is 12.7. The van der Waals surface area contributed by atoms with Gasteiger partial charge < -0.3 is 19.6 Å². The van der Waals surface area contributed by atoms with Crippen LogP contribution in [0.2, 0.25) is 0 Å². The molecule has 0 radical (unpaired) electrons.